The van der Waals surface area contributed by atoms with Gasteiger partial charge in [-0.15, -0.1) is 0 Å². The topological polar surface area (TPSA) is 70.2 Å². The average molecular weight is 275 g/mol. The number of anilines is 1. The summed E-state index contributed by atoms with van der Waals surface area (Å²) in [6.07, 6.45) is 3.09. The van der Waals surface area contributed by atoms with Gasteiger partial charge < -0.3 is 16.0 Å². The molecule has 1 aromatic rings. The summed E-state index contributed by atoms with van der Waals surface area (Å²) in [5, 5.41) is 8.74. The summed E-state index contributed by atoms with van der Waals surface area (Å²) >= 11 is 0. The smallest absolute Gasteiger partial charge is 0.251 e. The lowest BCUT2D eigenvalue weighted by atomic mass is 10.0. The third-order valence-corrected chi connectivity index (χ3v) is 3.60. The highest BCUT2D eigenvalue weighted by Gasteiger charge is 2.20. The minimum absolute atomic E-state index is 0.000457. The first-order valence-electron chi connectivity index (χ1n) is 6.99. The molecule has 0 aliphatic carbocycles. The maximum absolute atomic E-state index is 12.1. The van der Waals surface area contributed by atoms with Crippen LogP contribution in [0.4, 0.5) is 5.69 Å². The second-order valence-corrected chi connectivity index (χ2v) is 5.10. The Bertz CT molecular complexity index is 508. The lowest BCUT2D eigenvalue weighted by Gasteiger charge is -2.23. The molecule has 1 fully saturated rings. The van der Waals surface area contributed by atoms with Gasteiger partial charge in [0.25, 0.3) is 5.91 Å². The molecular formula is C15H21N3O2. The molecular weight excluding hydrogens is 254 g/mol. The molecule has 3 N–H and O–H groups in total. The Morgan fingerprint density at radius 3 is 2.70 bits per heavy atom. The number of carbonyl (C=O) groups is 2. The maximum Gasteiger partial charge on any atom is 0.251 e. The van der Waals surface area contributed by atoms with Crippen LogP contribution < -0.4 is 16.0 Å². The zero-order valence-corrected chi connectivity index (χ0v) is 12.0. The van der Waals surface area contributed by atoms with Crippen LogP contribution in [0.5, 0.6) is 0 Å². The van der Waals surface area contributed by atoms with Crippen molar-refractivity contribution in [3.05, 3.63) is 29.3 Å². The van der Waals surface area contributed by atoms with Crippen LogP contribution in [-0.2, 0) is 4.79 Å². The van der Waals surface area contributed by atoms with Gasteiger partial charge >= 0.3 is 0 Å². The van der Waals surface area contributed by atoms with E-state index in [0.29, 0.717) is 5.56 Å². The molecule has 5 nitrogen and oxygen atoms in total. The highest BCUT2D eigenvalue weighted by Crippen LogP contribution is 2.18. The molecule has 1 saturated heterocycles. The van der Waals surface area contributed by atoms with Crippen molar-refractivity contribution in [1.29, 1.82) is 0 Å². The van der Waals surface area contributed by atoms with E-state index in [4.69, 9.17) is 0 Å². The van der Waals surface area contributed by atoms with Crippen molar-refractivity contribution < 1.29 is 9.59 Å². The van der Waals surface area contributed by atoms with Gasteiger partial charge in [-0.05, 0) is 50.1 Å². The van der Waals surface area contributed by atoms with E-state index in [0.717, 1.165) is 37.1 Å². The second kappa shape index (κ2) is 6.52. The molecule has 1 atom stereocenters. The molecule has 1 aliphatic heterocycles. The van der Waals surface area contributed by atoms with E-state index in [1.54, 1.807) is 25.2 Å². The molecule has 20 heavy (non-hydrogen) atoms. The summed E-state index contributed by atoms with van der Waals surface area (Å²) in [4.78, 5) is 23.7. The Morgan fingerprint density at radius 1 is 1.30 bits per heavy atom. The van der Waals surface area contributed by atoms with E-state index in [2.05, 4.69) is 16.0 Å². The Morgan fingerprint density at radius 2 is 2.10 bits per heavy atom. The Labute approximate surface area is 119 Å². The molecule has 1 aliphatic rings. The fraction of sp³-hybridized carbons (Fsp3) is 0.467. The highest BCUT2D eigenvalue weighted by molar-refractivity contribution is 5.97. The molecule has 0 saturated carbocycles. The molecule has 2 amide bonds. The number of aryl methyl sites for hydroxylation is 1. The van der Waals surface area contributed by atoms with Crippen molar-refractivity contribution in [2.24, 2.45) is 0 Å². The van der Waals surface area contributed by atoms with Gasteiger partial charge in [-0.3, -0.25) is 9.59 Å². The molecule has 1 unspecified atom stereocenters. The molecule has 0 spiro atoms. The monoisotopic (exact) mass is 275 g/mol. The highest BCUT2D eigenvalue weighted by atomic mass is 16.2. The van der Waals surface area contributed by atoms with Gasteiger partial charge in [-0.2, -0.15) is 0 Å². The standard InChI is InChI=1S/C15H21N3O2/c1-10-9-11(14(19)16-2)6-7-12(10)18-15(20)13-5-3-4-8-17-13/h6-7,9,13,17H,3-5,8H2,1-2H3,(H,16,19)(H,18,20). The van der Waals surface area contributed by atoms with Crippen molar-refractivity contribution in [3.63, 3.8) is 0 Å². The van der Waals surface area contributed by atoms with E-state index >= 15 is 0 Å². The third kappa shape index (κ3) is 3.36. The van der Waals surface area contributed by atoms with Crippen molar-refractivity contribution >= 4 is 17.5 Å². The number of carbonyl (C=O) groups excluding carboxylic acids is 2. The van der Waals surface area contributed by atoms with E-state index in [9.17, 15) is 9.59 Å². The Kier molecular flexibility index (Phi) is 4.74. The molecule has 2 rings (SSSR count). The lowest BCUT2D eigenvalue weighted by molar-refractivity contribution is -0.118. The summed E-state index contributed by atoms with van der Waals surface area (Å²) in [5.74, 6) is -0.125. The zero-order valence-electron chi connectivity index (χ0n) is 12.0. The molecule has 1 heterocycles. The number of benzene rings is 1. The van der Waals surface area contributed by atoms with Crippen molar-refractivity contribution in [2.45, 2.75) is 32.2 Å². The first-order valence-corrected chi connectivity index (χ1v) is 6.99. The number of nitrogens with one attached hydrogen (secondary N) is 3. The van der Waals surface area contributed by atoms with Crippen LogP contribution in [0.1, 0.15) is 35.2 Å². The van der Waals surface area contributed by atoms with Gasteiger partial charge in [-0.1, -0.05) is 6.42 Å². The van der Waals surface area contributed by atoms with Gasteiger partial charge in [0.15, 0.2) is 0 Å². The first-order chi connectivity index (χ1) is 9.61. The molecule has 0 radical (unpaired) electrons. The summed E-state index contributed by atoms with van der Waals surface area (Å²) in [6.45, 7) is 2.78. The molecule has 0 bridgehead atoms. The lowest BCUT2D eigenvalue weighted by Crippen LogP contribution is -2.43. The van der Waals surface area contributed by atoms with Crippen LogP contribution in [-0.4, -0.2) is 31.4 Å². The number of piperidine rings is 1. The van der Waals surface area contributed by atoms with Gasteiger partial charge in [-0.25, -0.2) is 0 Å². The number of hydrogen-bond acceptors (Lipinski definition) is 3. The normalized spacial score (nSPS) is 18.4. The van der Waals surface area contributed by atoms with Gasteiger partial charge in [0, 0.05) is 18.3 Å². The van der Waals surface area contributed by atoms with Crippen LogP contribution in [0, 0.1) is 6.92 Å². The van der Waals surface area contributed by atoms with E-state index < -0.39 is 0 Å². The summed E-state index contributed by atoms with van der Waals surface area (Å²) in [5.41, 5.74) is 2.24. The quantitative estimate of drug-likeness (QED) is 0.781. The summed E-state index contributed by atoms with van der Waals surface area (Å²) in [7, 11) is 1.60. The number of rotatable bonds is 3. The summed E-state index contributed by atoms with van der Waals surface area (Å²) < 4.78 is 0. The average Bonchev–Trinajstić information content (AvgIpc) is 2.49. The van der Waals surface area contributed by atoms with Crippen molar-refractivity contribution in [3.8, 4) is 0 Å². The van der Waals surface area contributed by atoms with E-state index in [-0.39, 0.29) is 17.9 Å². The molecule has 0 aromatic heterocycles. The van der Waals surface area contributed by atoms with Gasteiger partial charge in [0.1, 0.15) is 0 Å². The maximum atomic E-state index is 12.1. The van der Waals surface area contributed by atoms with Crippen LogP contribution in [0.2, 0.25) is 0 Å². The fourth-order valence-electron chi connectivity index (χ4n) is 2.38. The minimum Gasteiger partial charge on any atom is -0.355 e. The molecule has 108 valence electrons. The van der Waals surface area contributed by atoms with Crippen LogP contribution in [0.25, 0.3) is 0 Å². The third-order valence-electron chi connectivity index (χ3n) is 3.60. The van der Waals surface area contributed by atoms with Crippen LogP contribution >= 0.6 is 0 Å². The van der Waals surface area contributed by atoms with Gasteiger partial charge in [0.05, 0.1) is 6.04 Å². The Balaban J connectivity index is 2.05. The van der Waals surface area contributed by atoms with E-state index in [1.807, 2.05) is 6.92 Å². The van der Waals surface area contributed by atoms with Crippen LogP contribution in [0.15, 0.2) is 18.2 Å². The van der Waals surface area contributed by atoms with Gasteiger partial charge in [0.2, 0.25) is 5.91 Å². The Hall–Kier alpha value is -1.88. The first kappa shape index (κ1) is 14.5. The largest absolute Gasteiger partial charge is 0.355 e. The zero-order chi connectivity index (χ0) is 14.5. The number of hydrogen-bond donors (Lipinski definition) is 3. The summed E-state index contributed by atoms with van der Waals surface area (Å²) in [6, 6.07) is 5.17. The van der Waals surface area contributed by atoms with E-state index in [1.165, 1.54) is 0 Å². The second-order valence-electron chi connectivity index (χ2n) is 5.10. The predicted octanol–water partition coefficient (Wildman–Crippen LogP) is 1.44. The van der Waals surface area contributed by atoms with Crippen molar-refractivity contribution in [1.82, 2.24) is 10.6 Å². The predicted molar refractivity (Wildman–Crippen MR) is 78.8 cm³/mol. The SMILES string of the molecule is CNC(=O)c1ccc(NC(=O)C2CCCCN2)c(C)c1. The number of amides is 2. The minimum atomic E-state index is -0.125. The fourth-order valence-corrected chi connectivity index (χ4v) is 2.38. The molecule has 5 heteroatoms. The molecule has 1 aromatic carbocycles. The van der Waals surface area contributed by atoms with Crippen molar-refractivity contribution in [2.75, 3.05) is 18.9 Å². The van der Waals surface area contributed by atoms with Crippen LogP contribution in [0.3, 0.4) is 0 Å².